The van der Waals surface area contributed by atoms with Crippen LogP contribution in [0.25, 0.3) is 22.8 Å². The Kier molecular flexibility index (Phi) is 9.11. The molecule has 4 rings (SSSR count). The van der Waals surface area contributed by atoms with Gasteiger partial charge in [0.25, 0.3) is 5.89 Å². The summed E-state index contributed by atoms with van der Waals surface area (Å²) in [7, 11) is 0. The van der Waals surface area contributed by atoms with Crippen molar-refractivity contribution in [3.8, 4) is 34.8 Å². The smallest absolute Gasteiger partial charge is 0.408 e. The number of aliphatic hydroxyl groups is 1. The van der Waals surface area contributed by atoms with Gasteiger partial charge < -0.3 is 29.3 Å². The number of carbonyl (C=O) groups excluding carboxylic acids is 2. The van der Waals surface area contributed by atoms with Crippen molar-refractivity contribution < 1.29 is 28.7 Å². The third kappa shape index (κ3) is 7.41. The summed E-state index contributed by atoms with van der Waals surface area (Å²) in [5, 5.41) is 26.4. The van der Waals surface area contributed by atoms with Gasteiger partial charge >= 0.3 is 6.09 Å². The van der Waals surface area contributed by atoms with Crippen LogP contribution in [0.1, 0.15) is 58.2 Å². The normalized spacial score (nSPS) is 14.8. The van der Waals surface area contributed by atoms with Crippen molar-refractivity contribution in [3.05, 3.63) is 47.2 Å². The molecule has 1 aliphatic rings. The molecular formula is C30H36N6O6. The van der Waals surface area contributed by atoms with E-state index >= 15 is 0 Å². The van der Waals surface area contributed by atoms with Gasteiger partial charge in [-0.2, -0.15) is 10.2 Å². The maximum absolute atomic E-state index is 13.3. The number of alkyl carbamates (subject to hydrolysis) is 1. The predicted molar refractivity (Wildman–Crippen MR) is 152 cm³/mol. The Balaban J connectivity index is 1.47. The lowest BCUT2D eigenvalue weighted by atomic mass is 10.00. The number of fused-ring (bicyclic) bond motifs is 1. The van der Waals surface area contributed by atoms with Crippen LogP contribution in [0, 0.1) is 11.3 Å². The minimum Gasteiger partial charge on any atom is -0.474 e. The molecule has 1 aliphatic heterocycles. The van der Waals surface area contributed by atoms with E-state index in [2.05, 4.69) is 26.5 Å². The van der Waals surface area contributed by atoms with Gasteiger partial charge in [-0.1, -0.05) is 17.3 Å². The molecule has 3 heterocycles. The van der Waals surface area contributed by atoms with Gasteiger partial charge in [0.1, 0.15) is 23.3 Å². The molecule has 3 aromatic rings. The highest BCUT2D eigenvalue weighted by Crippen LogP contribution is 2.28. The molecule has 0 fully saturated rings. The molecule has 1 aromatic carbocycles. The van der Waals surface area contributed by atoms with Gasteiger partial charge in [0.15, 0.2) is 0 Å². The number of amides is 2. The predicted octanol–water partition coefficient (Wildman–Crippen LogP) is 3.66. The molecule has 2 aromatic heterocycles. The zero-order valence-corrected chi connectivity index (χ0v) is 24.7. The van der Waals surface area contributed by atoms with E-state index in [0.717, 1.165) is 16.7 Å². The zero-order chi connectivity index (χ0) is 30.6. The van der Waals surface area contributed by atoms with Crippen molar-refractivity contribution in [1.29, 1.82) is 5.26 Å². The standard InChI is InChI=1S/C30H36N6O6/c1-17(2)40-26-22(15-31)14-23(16-32-26)27-34-25(35-42-27)21-8-7-19-9-11-36(12-10-20(19)13-21)28(38)24(18(3)37)33-29(39)41-30(4,5)6/h7-8,13-14,16-18,24,37H,9-12H2,1-6H3,(H,33,39)/t18-,24+/m1/s1. The summed E-state index contributed by atoms with van der Waals surface area (Å²) in [5.74, 6) is 0.469. The van der Waals surface area contributed by atoms with Crippen molar-refractivity contribution in [2.75, 3.05) is 13.1 Å². The maximum atomic E-state index is 13.3. The fourth-order valence-electron chi connectivity index (χ4n) is 4.53. The lowest BCUT2D eigenvalue weighted by Gasteiger charge is -2.29. The largest absolute Gasteiger partial charge is 0.474 e. The van der Waals surface area contributed by atoms with E-state index in [1.54, 1.807) is 31.7 Å². The van der Waals surface area contributed by atoms with Gasteiger partial charge in [0.05, 0.1) is 17.8 Å². The number of aliphatic hydroxyl groups excluding tert-OH is 1. The first-order valence-electron chi connectivity index (χ1n) is 13.8. The van der Waals surface area contributed by atoms with Crippen molar-refractivity contribution >= 4 is 12.0 Å². The molecule has 0 unspecified atom stereocenters. The number of aromatic nitrogens is 3. The second kappa shape index (κ2) is 12.6. The molecule has 12 heteroatoms. The molecule has 12 nitrogen and oxygen atoms in total. The monoisotopic (exact) mass is 576 g/mol. The van der Waals surface area contributed by atoms with Crippen LogP contribution in [0.15, 0.2) is 35.0 Å². The second-order valence-electron chi connectivity index (χ2n) is 11.5. The van der Waals surface area contributed by atoms with Gasteiger partial charge in [0, 0.05) is 24.8 Å². The van der Waals surface area contributed by atoms with E-state index in [4.69, 9.17) is 14.0 Å². The van der Waals surface area contributed by atoms with Crippen molar-refractivity contribution in [3.63, 3.8) is 0 Å². The first-order chi connectivity index (χ1) is 19.8. The van der Waals surface area contributed by atoms with Gasteiger partial charge in [-0.3, -0.25) is 4.79 Å². The Morgan fingerprint density at radius 3 is 2.48 bits per heavy atom. The topological polar surface area (TPSA) is 164 Å². The first kappa shape index (κ1) is 30.5. The molecule has 0 bridgehead atoms. The third-order valence-electron chi connectivity index (χ3n) is 6.49. The van der Waals surface area contributed by atoms with E-state index in [1.165, 1.54) is 13.1 Å². The summed E-state index contributed by atoms with van der Waals surface area (Å²) in [6.07, 6.45) is 0.696. The van der Waals surface area contributed by atoms with Crippen molar-refractivity contribution in [1.82, 2.24) is 25.3 Å². The Bertz CT molecular complexity index is 1490. The number of benzene rings is 1. The highest BCUT2D eigenvalue weighted by Gasteiger charge is 2.32. The molecule has 222 valence electrons. The van der Waals surface area contributed by atoms with E-state index in [9.17, 15) is 20.0 Å². The lowest BCUT2D eigenvalue weighted by molar-refractivity contribution is -0.136. The number of carbonyl (C=O) groups is 2. The SMILES string of the molecule is CC(C)Oc1ncc(-c2nc(-c3ccc4c(c3)CCN(C(=O)[C@@H](NC(=O)OC(C)(C)C)[C@@H](C)O)CC4)no2)cc1C#N. The number of hydrogen-bond donors (Lipinski definition) is 2. The third-order valence-corrected chi connectivity index (χ3v) is 6.49. The molecule has 0 saturated heterocycles. The van der Waals surface area contributed by atoms with Crippen LogP contribution in [0.4, 0.5) is 4.79 Å². The van der Waals surface area contributed by atoms with E-state index in [0.29, 0.717) is 37.3 Å². The molecule has 42 heavy (non-hydrogen) atoms. The number of nitrogens with one attached hydrogen (secondary N) is 1. The summed E-state index contributed by atoms with van der Waals surface area (Å²) in [4.78, 5) is 36.0. The molecule has 2 N–H and O–H groups in total. The molecule has 2 amide bonds. The van der Waals surface area contributed by atoms with Gasteiger partial charge in [0.2, 0.25) is 17.6 Å². The van der Waals surface area contributed by atoms with Crippen molar-refractivity contribution in [2.24, 2.45) is 0 Å². The molecule has 0 spiro atoms. The van der Waals surface area contributed by atoms with Crippen LogP contribution in [-0.4, -0.2) is 74.1 Å². The number of nitriles is 1. The summed E-state index contributed by atoms with van der Waals surface area (Å²) in [6.45, 7) is 11.2. The highest BCUT2D eigenvalue weighted by atomic mass is 16.6. The van der Waals surface area contributed by atoms with Gasteiger partial charge in [-0.25, -0.2) is 9.78 Å². The van der Waals surface area contributed by atoms with Crippen LogP contribution < -0.4 is 10.1 Å². The Hall–Kier alpha value is -4.50. The minimum atomic E-state index is -1.13. The Morgan fingerprint density at radius 2 is 1.83 bits per heavy atom. The number of rotatable bonds is 7. The average Bonchev–Trinajstić information content (AvgIpc) is 3.31. The number of nitrogens with zero attached hydrogens (tertiary/aromatic N) is 5. The summed E-state index contributed by atoms with van der Waals surface area (Å²) >= 11 is 0. The van der Waals surface area contributed by atoms with Crippen LogP contribution >= 0.6 is 0 Å². The summed E-state index contributed by atoms with van der Waals surface area (Å²) < 4.78 is 16.3. The summed E-state index contributed by atoms with van der Waals surface area (Å²) in [6, 6.07) is 8.41. The highest BCUT2D eigenvalue weighted by molar-refractivity contribution is 5.86. The number of hydrogen-bond acceptors (Lipinski definition) is 10. The van der Waals surface area contributed by atoms with Crippen LogP contribution in [0.2, 0.25) is 0 Å². The van der Waals surface area contributed by atoms with Crippen LogP contribution in [-0.2, 0) is 22.4 Å². The van der Waals surface area contributed by atoms with Gasteiger partial charge in [-0.15, -0.1) is 0 Å². The molecule has 0 aliphatic carbocycles. The zero-order valence-electron chi connectivity index (χ0n) is 24.7. The molecule has 0 saturated carbocycles. The fourth-order valence-corrected chi connectivity index (χ4v) is 4.53. The number of ether oxygens (including phenoxy) is 2. The molecular weight excluding hydrogens is 540 g/mol. The van der Waals surface area contributed by atoms with Gasteiger partial charge in [-0.05, 0) is 77.6 Å². The average molecular weight is 577 g/mol. The minimum absolute atomic E-state index is 0.127. The molecule has 0 radical (unpaired) electrons. The van der Waals surface area contributed by atoms with Crippen LogP contribution in [0.3, 0.4) is 0 Å². The van der Waals surface area contributed by atoms with E-state index in [1.807, 2.05) is 32.0 Å². The van der Waals surface area contributed by atoms with Crippen LogP contribution in [0.5, 0.6) is 5.88 Å². The first-order valence-corrected chi connectivity index (χ1v) is 13.8. The fraction of sp³-hybridized carbons (Fsp3) is 0.467. The van der Waals surface area contributed by atoms with Crippen molar-refractivity contribution in [2.45, 2.75) is 78.2 Å². The summed E-state index contributed by atoms with van der Waals surface area (Å²) in [5.41, 5.74) is 2.88. The molecule has 2 atom stereocenters. The second-order valence-corrected chi connectivity index (χ2v) is 11.5. The number of pyridine rings is 1. The van der Waals surface area contributed by atoms with E-state index < -0.39 is 23.8 Å². The lowest BCUT2D eigenvalue weighted by Crippen LogP contribution is -2.55. The maximum Gasteiger partial charge on any atom is 0.408 e. The van der Waals surface area contributed by atoms with E-state index in [-0.39, 0.29) is 29.3 Å². The Labute approximate surface area is 244 Å². The Morgan fingerprint density at radius 1 is 1.12 bits per heavy atom. The quantitative estimate of drug-likeness (QED) is 0.424.